The number of fused-ring (bicyclic) bond motifs is 1. The highest BCUT2D eigenvalue weighted by atomic mass is 19.1. The van der Waals surface area contributed by atoms with Crippen LogP contribution < -0.4 is 10.1 Å². The molecule has 1 atom stereocenters. The van der Waals surface area contributed by atoms with Crippen LogP contribution >= 0.6 is 0 Å². The van der Waals surface area contributed by atoms with Gasteiger partial charge in [-0.2, -0.15) is 0 Å². The minimum absolute atomic E-state index is 0.166. The van der Waals surface area contributed by atoms with Crippen LogP contribution in [0.5, 0.6) is 5.75 Å². The van der Waals surface area contributed by atoms with E-state index in [0.29, 0.717) is 19.1 Å². The molecular weight excluding hydrogens is 355 g/mol. The lowest BCUT2D eigenvalue weighted by Gasteiger charge is -2.35. The summed E-state index contributed by atoms with van der Waals surface area (Å²) in [7, 11) is 0. The van der Waals surface area contributed by atoms with Gasteiger partial charge in [-0.1, -0.05) is 29.8 Å². The number of hydrogen-bond acceptors (Lipinski definition) is 3. The maximum Gasteiger partial charge on any atom is 0.256 e. The van der Waals surface area contributed by atoms with Crippen molar-refractivity contribution in [1.82, 2.24) is 10.2 Å². The molecule has 2 aliphatic heterocycles. The van der Waals surface area contributed by atoms with E-state index in [2.05, 4.69) is 30.4 Å². The van der Waals surface area contributed by atoms with Crippen LogP contribution in [0.15, 0.2) is 42.5 Å². The van der Waals surface area contributed by atoms with Crippen LogP contribution in [0.2, 0.25) is 0 Å². The van der Waals surface area contributed by atoms with Gasteiger partial charge in [0.05, 0.1) is 12.2 Å². The molecule has 1 N–H and O–H groups in total. The molecule has 28 heavy (non-hydrogen) atoms. The molecule has 2 aromatic rings. The highest BCUT2D eigenvalue weighted by molar-refractivity contribution is 5.94. The number of hydrogen-bond donors (Lipinski definition) is 1. The summed E-state index contributed by atoms with van der Waals surface area (Å²) >= 11 is 0. The summed E-state index contributed by atoms with van der Waals surface area (Å²) in [6, 6.07) is 13.2. The lowest BCUT2D eigenvalue weighted by Crippen LogP contribution is -2.46. The first-order chi connectivity index (χ1) is 13.6. The van der Waals surface area contributed by atoms with Crippen LogP contribution in [0.1, 0.15) is 53.2 Å². The van der Waals surface area contributed by atoms with Crippen molar-refractivity contribution in [2.45, 2.75) is 44.7 Å². The number of rotatable bonds is 3. The van der Waals surface area contributed by atoms with Gasteiger partial charge in [0.2, 0.25) is 0 Å². The topological polar surface area (TPSA) is 41.6 Å². The molecule has 2 aromatic carbocycles. The number of halogens is 1. The number of amides is 1. The Morgan fingerprint density at radius 1 is 1.14 bits per heavy atom. The summed E-state index contributed by atoms with van der Waals surface area (Å²) in [4.78, 5) is 14.4. The average Bonchev–Trinajstić information content (AvgIpc) is 2.90. The summed E-state index contributed by atoms with van der Waals surface area (Å²) < 4.78 is 19.8. The second-order valence-corrected chi connectivity index (χ2v) is 7.80. The molecule has 4 nitrogen and oxygen atoms in total. The Morgan fingerprint density at radius 2 is 1.93 bits per heavy atom. The third-order valence-electron chi connectivity index (χ3n) is 5.76. The zero-order valence-electron chi connectivity index (χ0n) is 16.3. The number of aryl methyl sites for hydroxylation is 1. The number of nitrogens with one attached hydrogen (secondary N) is 1. The van der Waals surface area contributed by atoms with E-state index < -0.39 is 5.82 Å². The first-order valence-corrected chi connectivity index (χ1v) is 10.1. The monoisotopic (exact) mass is 382 g/mol. The highest BCUT2D eigenvalue weighted by Gasteiger charge is 2.28. The number of likely N-dealkylation sites (tertiary alicyclic amines) is 1. The lowest BCUT2D eigenvalue weighted by atomic mass is 9.96. The SMILES string of the molecule is Cc1ccc2c(c1)C(NC1CCN(C(=O)c3ccccc3F)CC1)CCCO2. The fourth-order valence-electron chi connectivity index (χ4n) is 4.21. The average molecular weight is 382 g/mol. The lowest BCUT2D eigenvalue weighted by molar-refractivity contribution is 0.0696. The Labute approximate surface area is 165 Å². The van der Waals surface area contributed by atoms with Gasteiger partial charge < -0.3 is 15.0 Å². The fourth-order valence-corrected chi connectivity index (χ4v) is 4.21. The van der Waals surface area contributed by atoms with Gasteiger partial charge in [-0.25, -0.2) is 4.39 Å². The van der Waals surface area contributed by atoms with Gasteiger partial charge in [-0.15, -0.1) is 0 Å². The zero-order chi connectivity index (χ0) is 19.5. The van der Waals surface area contributed by atoms with E-state index in [1.165, 1.54) is 17.2 Å². The maximum absolute atomic E-state index is 13.9. The predicted octanol–water partition coefficient (Wildman–Crippen LogP) is 4.24. The van der Waals surface area contributed by atoms with E-state index in [1.54, 1.807) is 23.1 Å². The molecule has 2 aliphatic rings. The van der Waals surface area contributed by atoms with E-state index >= 15 is 0 Å². The van der Waals surface area contributed by atoms with Crippen molar-refractivity contribution in [1.29, 1.82) is 0 Å². The number of carbonyl (C=O) groups is 1. The first-order valence-electron chi connectivity index (χ1n) is 10.1. The molecule has 1 fully saturated rings. The Bertz CT molecular complexity index is 846. The summed E-state index contributed by atoms with van der Waals surface area (Å²) in [5.41, 5.74) is 2.64. The van der Waals surface area contributed by atoms with Gasteiger partial charge in [0, 0.05) is 30.7 Å². The van der Waals surface area contributed by atoms with Gasteiger partial charge >= 0.3 is 0 Å². The summed E-state index contributed by atoms with van der Waals surface area (Å²) in [5, 5.41) is 3.80. The Balaban J connectivity index is 1.39. The third-order valence-corrected chi connectivity index (χ3v) is 5.76. The van der Waals surface area contributed by atoms with E-state index in [9.17, 15) is 9.18 Å². The number of carbonyl (C=O) groups excluding carboxylic acids is 1. The third kappa shape index (κ3) is 4.04. The number of benzene rings is 2. The van der Waals surface area contributed by atoms with Crippen molar-refractivity contribution in [2.75, 3.05) is 19.7 Å². The fraction of sp³-hybridized carbons (Fsp3) is 0.435. The summed E-state index contributed by atoms with van der Waals surface area (Å²) in [5.74, 6) is 0.325. The van der Waals surface area contributed by atoms with E-state index in [4.69, 9.17) is 4.74 Å². The second-order valence-electron chi connectivity index (χ2n) is 7.80. The van der Waals surface area contributed by atoms with Gasteiger partial charge in [-0.05, 0) is 50.8 Å². The van der Waals surface area contributed by atoms with E-state index in [-0.39, 0.29) is 17.5 Å². The van der Waals surface area contributed by atoms with Crippen LogP contribution in [-0.2, 0) is 0 Å². The largest absolute Gasteiger partial charge is 0.493 e. The first kappa shape index (κ1) is 18.9. The molecule has 0 radical (unpaired) electrons. The molecular formula is C23H27FN2O2. The van der Waals surface area contributed by atoms with Gasteiger partial charge in [-0.3, -0.25) is 4.79 Å². The molecule has 148 valence electrons. The van der Waals surface area contributed by atoms with Crippen molar-refractivity contribution in [3.63, 3.8) is 0 Å². The Morgan fingerprint density at radius 3 is 2.71 bits per heavy atom. The maximum atomic E-state index is 13.9. The minimum atomic E-state index is -0.446. The van der Waals surface area contributed by atoms with E-state index in [1.807, 2.05) is 0 Å². The number of nitrogens with zero attached hydrogens (tertiary/aromatic N) is 1. The molecule has 1 saturated heterocycles. The molecule has 1 amide bonds. The van der Waals surface area contributed by atoms with E-state index in [0.717, 1.165) is 38.0 Å². The molecule has 0 spiro atoms. The van der Waals surface area contributed by atoms with Crippen LogP contribution in [0.25, 0.3) is 0 Å². The van der Waals surface area contributed by atoms with Crippen LogP contribution in [0.3, 0.4) is 0 Å². The molecule has 1 unspecified atom stereocenters. The molecule has 0 bridgehead atoms. The molecule has 0 saturated carbocycles. The standard InChI is InChI=1S/C23H27FN2O2/c1-16-8-9-22-19(15-16)21(7-4-14-28-22)25-17-10-12-26(13-11-17)23(27)18-5-2-3-6-20(18)24/h2-3,5-6,8-9,15,17,21,25H,4,7,10-14H2,1H3. The normalized spacial score (nSPS) is 20.2. The molecule has 5 heteroatoms. The van der Waals surface area contributed by atoms with Crippen molar-refractivity contribution < 1.29 is 13.9 Å². The van der Waals surface area contributed by atoms with Gasteiger partial charge in [0.25, 0.3) is 5.91 Å². The van der Waals surface area contributed by atoms with Crippen LogP contribution in [0, 0.1) is 12.7 Å². The van der Waals surface area contributed by atoms with Crippen LogP contribution in [0.4, 0.5) is 4.39 Å². The zero-order valence-corrected chi connectivity index (χ0v) is 16.3. The van der Waals surface area contributed by atoms with Crippen molar-refractivity contribution in [2.24, 2.45) is 0 Å². The highest BCUT2D eigenvalue weighted by Crippen LogP contribution is 2.33. The van der Waals surface area contributed by atoms with Gasteiger partial charge in [0.1, 0.15) is 11.6 Å². The number of ether oxygens (including phenoxy) is 1. The quantitative estimate of drug-likeness (QED) is 0.863. The van der Waals surface area contributed by atoms with Gasteiger partial charge in [0.15, 0.2) is 0 Å². The van der Waals surface area contributed by atoms with Crippen molar-refractivity contribution in [3.05, 3.63) is 65.0 Å². The minimum Gasteiger partial charge on any atom is -0.493 e. The molecule has 2 heterocycles. The molecule has 0 aromatic heterocycles. The summed E-state index contributed by atoms with van der Waals surface area (Å²) in [6.45, 7) is 4.16. The second kappa shape index (κ2) is 8.31. The molecule has 4 rings (SSSR count). The van der Waals surface area contributed by atoms with Crippen LogP contribution in [-0.4, -0.2) is 36.5 Å². The van der Waals surface area contributed by atoms with Crippen molar-refractivity contribution in [3.8, 4) is 5.75 Å². The predicted molar refractivity (Wildman–Crippen MR) is 107 cm³/mol. The molecule has 0 aliphatic carbocycles. The smallest absolute Gasteiger partial charge is 0.256 e. The Kier molecular flexibility index (Phi) is 5.62. The number of piperidine rings is 1. The Hall–Kier alpha value is -2.40. The summed E-state index contributed by atoms with van der Waals surface area (Å²) in [6.07, 6.45) is 3.82. The van der Waals surface area contributed by atoms with Crippen molar-refractivity contribution >= 4 is 5.91 Å².